The number of hydrogen-bond donors (Lipinski definition) is 0. The highest BCUT2D eigenvalue weighted by Gasteiger charge is 2.78. The van der Waals surface area contributed by atoms with Gasteiger partial charge in [0.2, 0.25) is 0 Å². The Balaban J connectivity index is 1.67. The van der Waals surface area contributed by atoms with E-state index in [4.69, 9.17) is 18.9 Å². The summed E-state index contributed by atoms with van der Waals surface area (Å²) in [6.45, 7) is 6.84. The van der Waals surface area contributed by atoms with Crippen molar-refractivity contribution in [2.24, 2.45) is 28.6 Å². The monoisotopic (exact) mass is 460 g/mol. The van der Waals surface area contributed by atoms with Crippen molar-refractivity contribution < 1.29 is 33.3 Å². The van der Waals surface area contributed by atoms with E-state index >= 15 is 0 Å². The van der Waals surface area contributed by atoms with Gasteiger partial charge in [0.15, 0.2) is 11.6 Å². The smallest absolute Gasteiger partial charge is 0.303 e. The van der Waals surface area contributed by atoms with Crippen molar-refractivity contribution in [3.05, 3.63) is 11.6 Å². The van der Waals surface area contributed by atoms with E-state index in [1.165, 1.54) is 13.8 Å². The summed E-state index contributed by atoms with van der Waals surface area (Å²) in [5, 5.41) is 0. The SMILES string of the molecule is CO[C@]12CC[C@@]3(C)[C@H](CC[C@H]4[C@@H]5CC=C(C(C)=O)[C@@]5(COC(C)=O)C[C@@H](OC(C)=O)[C@@]43O1)C2. The summed E-state index contributed by atoms with van der Waals surface area (Å²) < 4.78 is 24.8. The lowest BCUT2D eigenvalue weighted by molar-refractivity contribution is -0.440. The summed E-state index contributed by atoms with van der Waals surface area (Å²) in [6, 6.07) is 0. The van der Waals surface area contributed by atoms with Gasteiger partial charge in [-0.1, -0.05) is 13.0 Å². The zero-order valence-electron chi connectivity index (χ0n) is 20.4. The molecule has 5 fully saturated rings. The first-order chi connectivity index (χ1) is 15.5. The molecule has 2 saturated heterocycles. The number of methoxy groups -OCH3 is 1. The summed E-state index contributed by atoms with van der Waals surface area (Å²) in [5.74, 6) is -0.834. The Morgan fingerprint density at radius 1 is 1.06 bits per heavy atom. The fourth-order valence-electron chi connectivity index (χ4n) is 8.77. The Morgan fingerprint density at radius 3 is 2.45 bits per heavy atom. The van der Waals surface area contributed by atoms with E-state index in [1.807, 2.05) is 6.08 Å². The Hall–Kier alpha value is -1.73. The summed E-state index contributed by atoms with van der Waals surface area (Å²) in [6.07, 6.45) is 7.27. The van der Waals surface area contributed by atoms with Crippen LogP contribution < -0.4 is 0 Å². The van der Waals surface area contributed by atoms with Gasteiger partial charge in [0, 0.05) is 56.6 Å². The molecule has 8 atom stereocenters. The molecule has 182 valence electrons. The normalized spacial score (nSPS) is 47.2. The van der Waals surface area contributed by atoms with E-state index in [0.29, 0.717) is 17.9 Å². The highest BCUT2D eigenvalue weighted by molar-refractivity contribution is 5.95. The molecule has 0 aromatic carbocycles. The fraction of sp³-hybridized carbons (Fsp3) is 0.808. The first-order valence-corrected chi connectivity index (χ1v) is 12.3. The molecule has 7 nitrogen and oxygen atoms in total. The summed E-state index contributed by atoms with van der Waals surface area (Å²) in [5.41, 5.74) is -0.797. The molecular weight excluding hydrogens is 424 g/mol. The second-order valence-electron chi connectivity index (χ2n) is 11.3. The van der Waals surface area contributed by atoms with Crippen LogP contribution in [0.4, 0.5) is 0 Å². The molecule has 0 radical (unpaired) electrons. The number of esters is 2. The molecule has 0 N–H and O–H groups in total. The number of rotatable bonds is 5. The lowest BCUT2D eigenvalue weighted by Crippen LogP contribution is -2.79. The van der Waals surface area contributed by atoms with Gasteiger partial charge in [-0.25, -0.2) is 0 Å². The molecule has 3 saturated carbocycles. The van der Waals surface area contributed by atoms with Crippen LogP contribution in [0.25, 0.3) is 0 Å². The fourth-order valence-corrected chi connectivity index (χ4v) is 8.77. The molecule has 2 heterocycles. The average molecular weight is 461 g/mol. The lowest BCUT2D eigenvalue weighted by Gasteiger charge is -2.74. The van der Waals surface area contributed by atoms with Crippen molar-refractivity contribution in [2.45, 2.75) is 90.1 Å². The van der Waals surface area contributed by atoms with Gasteiger partial charge < -0.3 is 18.9 Å². The third-order valence-electron chi connectivity index (χ3n) is 10.0. The zero-order valence-corrected chi connectivity index (χ0v) is 20.4. The second-order valence-corrected chi connectivity index (χ2v) is 11.3. The predicted molar refractivity (Wildman–Crippen MR) is 118 cm³/mol. The van der Waals surface area contributed by atoms with Crippen LogP contribution in [0.1, 0.15) is 72.6 Å². The minimum atomic E-state index is -0.682. The van der Waals surface area contributed by atoms with Crippen LogP contribution in [0, 0.1) is 28.6 Å². The topological polar surface area (TPSA) is 88.1 Å². The van der Waals surface area contributed by atoms with E-state index in [1.54, 1.807) is 14.0 Å². The molecule has 6 aliphatic rings. The highest BCUT2D eigenvalue weighted by Crippen LogP contribution is 2.74. The van der Waals surface area contributed by atoms with Gasteiger partial charge in [-0.2, -0.15) is 0 Å². The molecule has 1 spiro atoms. The number of carbonyl (C=O) groups is 3. The first kappa shape index (κ1) is 23.0. The van der Waals surface area contributed by atoms with E-state index in [0.717, 1.165) is 38.5 Å². The minimum absolute atomic E-state index is 0.0125. The third-order valence-corrected chi connectivity index (χ3v) is 10.0. The molecule has 0 aromatic heterocycles. The van der Waals surface area contributed by atoms with Crippen LogP contribution >= 0.6 is 0 Å². The molecule has 0 amide bonds. The van der Waals surface area contributed by atoms with Crippen molar-refractivity contribution >= 4 is 17.7 Å². The zero-order chi connectivity index (χ0) is 23.8. The van der Waals surface area contributed by atoms with Crippen molar-refractivity contribution in [1.82, 2.24) is 0 Å². The van der Waals surface area contributed by atoms with Gasteiger partial charge in [0.05, 0.1) is 0 Å². The summed E-state index contributed by atoms with van der Waals surface area (Å²) in [4.78, 5) is 37.0. The molecule has 0 unspecified atom stereocenters. The molecule has 6 rings (SSSR count). The summed E-state index contributed by atoms with van der Waals surface area (Å²) in [7, 11) is 1.72. The number of fused-ring (bicyclic) bond motifs is 3. The molecule has 4 aliphatic carbocycles. The lowest BCUT2D eigenvalue weighted by atomic mass is 9.39. The molecule has 33 heavy (non-hydrogen) atoms. The highest BCUT2D eigenvalue weighted by atomic mass is 16.7. The number of allylic oxidation sites excluding steroid dienone is 1. The quantitative estimate of drug-likeness (QED) is 0.578. The first-order valence-electron chi connectivity index (χ1n) is 12.3. The van der Waals surface area contributed by atoms with Crippen LogP contribution in [0.3, 0.4) is 0 Å². The van der Waals surface area contributed by atoms with Crippen LogP contribution in [0.5, 0.6) is 0 Å². The largest absolute Gasteiger partial charge is 0.465 e. The molecule has 4 bridgehead atoms. The van der Waals surface area contributed by atoms with Crippen LogP contribution in [-0.2, 0) is 33.3 Å². The van der Waals surface area contributed by atoms with Gasteiger partial charge >= 0.3 is 11.9 Å². The molecular formula is C26H36O7. The van der Waals surface area contributed by atoms with Gasteiger partial charge in [-0.15, -0.1) is 0 Å². The standard InChI is InChI=1S/C26H36O7/c1-15(27)19-8-9-20-21-7-6-18-12-25(30-5)11-10-23(18,4)26(21,33-25)22(32-17(3)29)13-24(19,20)14-31-16(2)28/h8,18,20-22H,6-7,9-14H2,1-5H3/t18-,20+,21+,22-,23+,24+,25-,26+/m1/s1. The van der Waals surface area contributed by atoms with Crippen LogP contribution in [0.15, 0.2) is 11.6 Å². The number of ether oxygens (including phenoxy) is 4. The van der Waals surface area contributed by atoms with Gasteiger partial charge in [0.1, 0.15) is 18.3 Å². The average Bonchev–Trinajstić information content (AvgIpc) is 3.11. The maximum Gasteiger partial charge on any atom is 0.303 e. The maximum absolute atomic E-state index is 12.8. The van der Waals surface area contributed by atoms with Gasteiger partial charge in [0.25, 0.3) is 0 Å². The van der Waals surface area contributed by atoms with Crippen LogP contribution in [-0.4, -0.2) is 48.9 Å². The van der Waals surface area contributed by atoms with Gasteiger partial charge in [-0.3, -0.25) is 14.4 Å². The number of Topliss-reactive ketones (excluding diaryl/α,β-unsaturated/α-hetero) is 1. The Morgan fingerprint density at radius 2 is 1.82 bits per heavy atom. The Kier molecular flexibility index (Phi) is 5.15. The number of hydrogen-bond acceptors (Lipinski definition) is 7. The van der Waals surface area contributed by atoms with E-state index in [-0.39, 0.29) is 41.6 Å². The van der Waals surface area contributed by atoms with Crippen molar-refractivity contribution in [3.63, 3.8) is 0 Å². The minimum Gasteiger partial charge on any atom is -0.465 e. The predicted octanol–water partition coefficient (Wildman–Crippen LogP) is 3.73. The van der Waals surface area contributed by atoms with Gasteiger partial charge in [-0.05, 0) is 50.4 Å². The molecule has 0 aromatic rings. The molecule has 2 aliphatic heterocycles. The van der Waals surface area contributed by atoms with Crippen molar-refractivity contribution in [2.75, 3.05) is 13.7 Å². The van der Waals surface area contributed by atoms with Crippen LogP contribution in [0.2, 0.25) is 0 Å². The summed E-state index contributed by atoms with van der Waals surface area (Å²) >= 11 is 0. The third kappa shape index (κ3) is 2.90. The van der Waals surface area contributed by atoms with Crippen molar-refractivity contribution in [1.29, 1.82) is 0 Å². The van der Waals surface area contributed by atoms with E-state index in [2.05, 4.69) is 6.92 Å². The Bertz CT molecular complexity index is 926. The maximum atomic E-state index is 12.8. The van der Waals surface area contributed by atoms with E-state index in [9.17, 15) is 14.4 Å². The number of carbonyl (C=O) groups excluding carboxylic acids is 3. The Labute approximate surface area is 195 Å². The van der Waals surface area contributed by atoms with Crippen molar-refractivity contribution in [3.8, 4) is 0 Å². The number of ketones is 1. The molecule has 7 heteroatoms. The second kappa shape index (κ2) is 7.38. The van der Waals surface area contributed by atoms with E-state index < -0.39 is 22.9 Å².